The third-order valence-electron chi connectivity index (χ3n) is 6.80. The molecule has 1 amide bonds. The van der Waals surface area contributed by atoms with Crippen LogP contribution in [0.3, 0.4) is 0 Å². The first-order chi connectivity index (χ1) is 15.8. The number of carbonyl (C=O) groups excluding carboxylic acids is 1. The summed E-state index contributed by atoms with van der Waals surface area (Å²) >= 11 is 0. The van der Waals surface area contributed by atoms with E-state index in [0.717, 1.165) is 48.1 Å². The van der Waals surface area contributed by atoms with Crippen molar-refractivity contribution in [2.75, 3.05) is 13.2 Å². The Balaban J connectivity index is 1.32. The minimum Gasteiger partial charge on any atom is -0.486 e. The molecule has 0 bridgehead atoms. The number of nitrogens with one attached hydrogen (secondary N) is 1. The van der Waals surface area contributed by atoms with Crippen molar-refractivity contribution < 1.29 is 19.4 Å². The summed E-state index contributed by atoms with van der Waals surface area (Å²) in [6, 6.07) is 11.4. The van der Waals surface area contributed by atoms with Gasteiger partial charge in [-0.3, -0.25) is 4.79 Å². The molecule has 2 N–H and O–H groups in total. The Morgan fingerprint density at radius 1 is 1.12 bits per heavy atom. The number of benzene rings is 2. The van der Waals surface area contributed by atoms with E-state index in [4.69, 9.17) is 14.5 Å². The predicted octanol–water partition coefficient (Wildman–Crippen LogP) is 4.03. The largest absolute Gasteiger partial charge is 0.486 e. The third-order valence-corrected chi connectivity index (χ3v) is 6.80. The fraction of sp³-hybridized carbons (Fsp3) is 0.462. The van der Waals surface area contributed by atoms with Gasteiger partial charge in [-0.1, -0.05) is 12.5 Å². The van der Waals surface area contributed by atoms with Gasteiger partial charge in [0.1, 0.15) is 19.0 Å². The molecule has 0 spiro atoms. The van der Waals surface area contributed by atoms with Crippen molar-refractivity contribution in [1.82, 2.24) is 14.9 Å². The molecule has 0 radical (unpaired) electrons. The molecule has 33 heavy (non-hydrogen) atoms. The van der Waals surface area contributed by atoms with Gasteiger partial charge in [0, 0.05) is 24.6 Å². The molecule has 2 aliphatic rings. The molecule has 2 unspecified atom stereocenters. The molecule has 174 valence electrons. The van der Waals surface area contributed by atoms with Crippen LogP contribution in [0.25, 0.3) is 11.0 Å². The number of aromatic nitrogens is 2. The molecule has 1 aromatic heterocycles. The number of imidazole rings is 1. The SMILES string of the molecule is Cn1c(C2CCCC(NC(=O)c3ccc4c(c3)OCCO4)C2)nc2ccc(C(C)(C)O)cc21. The van der Waals surface area contributed by atoms with Gasteiger partial charge in [0.05, 0.1) is 16.6 Å². The lowest BCUT2D eigenvalue weighted by Crippen LogP contribution is -2.38. The average molecular weight is 450 g/mol. The number of ether oxygens (including phenoxy) is 2. The monoisotopic (exact) mass is 449 g/mol. The zero-order valence-corrected chi connectivity index (χ0v) is 19.4. The number of fused-ring (bicyclic) bond motifs is 2. The predicted molar refractivity (Wildman–Crippen MR) is 126 cm³/mol. The molecule has 2 heterocycles. The highest BCUT2D eigenvalue weighted by molar-refractivity contribution is 5.95. The lowest BCUT2D eigenvalue weighted by atomic mass is 9.85. The van der Waals surface area contributed by atoms with E-state index >= 15 is 0 Å². The molecule has 3 aromatic rings. The zero-order valence-electron chi connectivity index (χ0n) is 19.4. The quantitative estimate of drug-likeness (QED) is 0.628. The van der Waals surface area contributed by atoms with Gasteiger partial charge in [-0.2, -0.15) is 0 Å². The average Bonchev–Trinajstić information content (AvgIpc) is 3.14. The van der Waals surface area contributed by atoms with Crippen LogP contribution in [0, 0.1) is 0 Å². The van der Waals surface area contributed by atoms with Gasteiger partial charge >= 0.3 is 0 Å². The Hall–Kier alpha value is -3.06. The van der Waals surface area contributed by atoms with E-state index in [-0.39, 0.29) is 17.9 Å². The van der Waals surface area contributed by atoms with Crippen LogP contribution in [0.1, 0.15) is 67.2 Å². The molecule has 7 nitrogen and oxygen atoms in total. The molecule has 2 aromatic carbocycles. The lowest BCUT2D eigenvalue weighted by molar-refractivity contribution is 0.0787. The number of aliphatic hydroxyl groups is 1. The standard InChI is InChI=1S/C26H31N3O4/c1-26(2,31)18-8-9-20-21(15-18)29(3)24(28-20)16-5-4-6-19(13-16)27-25(30)17-7-10-22-23(14-17)33-12-11-32-22/h7-10,14-16,19,31H,4-6,11-13H2,1-3H3,(H,27,30). The molecule has 7 heteroatoms. The summed E-state index contributed by atoms with van der Waals surface area (Å²) in [4.78, 5) is 17.8. The van der Waals surface area contributed by atoms with Crippen LogP contribution in [0.5, 0.6) is 11.5 Å². The van der Waals surface area contributed by atoms with Crippen LogP contribution < -0.4 is 14.8 Å². The van der Waals surface area contributed by atoms with Crippen molar-refractivity contribution in [3.63, 3.8) is 0 Å². The Kier molecular flexibility index (Phi) is 5.52. The second-order valence-electron chi connectivity index (χ2n) is 9.68. The summed E-state index contributed by atoms with van der Waals surface area (Å²) in [7, 11) is 2.04. The van der Waals surface area contributed by atoms with Crippen molar-refractivity contribution in [1.29, 1.82) is 0 Å². The smallest absolute Gasteiger partial charge is 0.251 e. The summed E-state index contributed by atoms with van der Waals surface area (Å²) in [6.45, 7) is 4.62. The molecule has 1 saturated carbocycles. The molecular formula is C26H31N3O4. The Morgan fingerprint density at radius 2 is 1.91 bits per heavy atom. The van der Waals surface area contributed by atoms with Crippen LogP contribution in [0.15, 0.2) is 36.4 Å². The van der Waals surface area contributed by atoms with E-state index in [1.165, 1.54) is 0 Å². The summed E-state index contributed by atoms with van der Waals surface area (Å²) < 4.78 is 13.3. The maximum Gasteiger partial charge on any atom is 0.251 e. The summed E-state index contributed by atoms with van der Waals surface area (Å²) in [6.07, 6.45) is 3.90. The molecule has 1 aliphatic heterocycles. The van der Waals surface area contributed by atoms with Gasteiger partial charge in [-0.15, -0.1) is 0 Å². The Morgan fingerprint density at radius 3 is 2.70 bits per heavy atom. The number of amides is 1. The van der Waals surface area contributed by atoms with Gasteiger partial charge in [0.25, 0.3) is 5.91 Å². The van der Waals surface area contributed by atoms with Crippen molar-refractivity contribution in [2.45, 2.75) is 57.1 Å². The summed E-state index contributed by atoms with van der Waals surface area (Å²) in [5.41, 5.74) is 2.52. The molecule has 5 rings (SSSR count). The van der Waals surface area contributed by atoms with E-state index in [1.54, 1.807) is 32.0 Å². The van der Waals surface area contributed by atoms with Gasteiger partial charge in [0.15, 0.2) is 11.5 Å². The maximum atomic E-state index is 12.9. The van der Waals surface area contributed by atoms with Crippen molar-refractivity contribution in [3.05, 3.63) is 53.3 Å². The topological polar surface area (TPSA) is 85.6 Å². The third kappa shape index (κ3) is 4.29. The van der Waals surface area contributed by atoms with Crippen LogP contribution >= 0.6 is 0 Å². The molecular weight excluding hydrogens is 418 g/mol. The fourth-order valence-corrected chi connectivity index (χ4v) is 4.96. The van der Waals surface area contributed by atoms with E-state index in [2.05, 4.69) is 9.88 Å². The minimum atomic E-state index is -0.896. The number of hydrogen-bond donors (Lipinski definition) is 2. The van der Waals surface area contributed by atoms with E-state index < -0.39 is 5.60 Å². The lowest BCUT2D eigenvalue weighted by Gasteiger charge is -2.29. The highest BCUT2D eigenvalue weighted by Gasteiger charge is 2.29. The normalized spacial score (nSPS) is 20.6. The van der Waals surface area contributed by atoms with Gasteiger partial charge in [-0.05, 0) is 69.0 Å². The van der Waals surface area contributed by atoms with Gasteiger partial charge in [-0.25, -0.2) is 4.98 Å². The van der Waals surface area contributed by atoms with E-state index in [1.807, 2.05) is 25.2 Å². The summed E-state index contributed by atoms with van der Waals surface area (Å²) in [5.74, 6) is 2.53. The van der Waals surface area contributed by atoms with Crippen LogP contribution in [0.2, 0.25) is 0 Å². The molecule has 1 fully saturated rings. The van der Waals surface area contributed by atoms with Crippen molar-refractivity contribution >= 4 is 16.9 Å². The highest BCUT2D eigenvalue weighted by Crippen LogP contribution is 2.35. The van der Waals surface area contributed by atoms with Crippen LogP contribution in [0.4, 0.5) is 0 Å². The Labute approximate surface area is 193 Å². The van der Waals surface area contributed by atoms with Crippen LogP contribution in [-0.4, -0.2) is 39.8 Å². The highest BCUT2D eigenvalue weighted by atomic mass is 16.6. The number of carbonyl (C=O) groups is 1. The molecule has 2 atom stereocenters. The number of hydrogen-bond acceptors (Lipinski definition) is 5. The minimum absolute atomic E-state index is 0.0857. The van der Waals surface area contributed by atoms with Crippen molar-refractivity contribution in [3.8, 4) is 11.5 Å². The number of aryl methyl sites for hydroxylation is 1. The van der Waals surface area contributed by atoms with Gasteiger partial charge < -0.3 is 24.5 Å². The molecule has 1 aliphatic carbocycles. The van der Waals surface area contributed by atoms with Crippen molar-refractivity contribution in [2.24, 2.45) is 7.05 Å². The van der Waals surface area contributed by atoms with Gasteiger partial charge in [0.2, 0.25) is 0 Å². The molecule has 0 saturated heterocycles. The second kappa shape index (κ2) is 8.37. The maximum absolute atomic E-state index is 12.9. The zero-order chi connectivity index (χ0) is 23.2. The second-order valence-corrected chi connectivity index (χ2v) is 9.68. The Bertz CT molecular complexity index is 1190. The number of rotatable bonds is 4. The van der Waals surface area contributed by atoms with Crippen LogP contribution in [-0.2, 0) is 12.6 Å². The van der Waals surface area contributed by atoms with E-state index in [0.29, 0.717) is 30.3 Å². The first-order valence-electron chi connectivity index (χ1n) is 11.7. The first-order valence-corrected chi connectivity index (χ1v) is 11.7. The first kappa shape index (κ1) is 21.8. The number of nitrogens with zero attached hydrogens (tertiary/aromatic N) is 2. The fourth-order valence-electron chi connectivity index (χ4n) is 4.96. The van der Waals surface area contributed by atoms with E-state index in [9.17, 15) is 9.90 Å². The summed E-state index contributed by atoms with van der Waals surface area (Å²) in [5, 5.41) is 13.6.